The minimum Gasteiger partial charge on any atom is -0.365 e. The van der Waals surface area contributed by atoms with Crippen molar-refractivity contribution in [2.24, 2.45) is 5.92 Å². The van der Waals surface area contributed by atoms with Crippen LogP contribution in [0.4, 0.5) is 5.82 Å². The molecule has 1 unspecified atom stereocenters. The summed E-state index contributed by atoms with van der Waals surface area (Å²) in [5, 5.41) is 3.82. The van der Waals surface area contributed by atoms with Crippen molar-refractivity contribution in [3.8, 4) is 0 Å². The fraction of sp³-hybridized carbons (Fsp3) is 0.600. The third kappa shape index (κ3) is 2.15. The summed E-state index contributed by atoms with van der Waals surface area (Å²) < 4.78 is 0. The topological polar surface area (TPSA) is 37.8 Å². The Morgan fingerprint density at radius 1 is 1.50 bits per heavy atom. The summed E-state index contributed by atoms with van der Waals surface area (Å²) >= 11 is 5.91. The summed E-state index contributed by atoms with van der Waals surface area (Å²) in [5.74, 6) is 1.52. The van der Waals surface area contributed by atoms with Crippen LogP contribution < -0.4 is 5.32 Å². The van der Waals surface area contributed by atoms with Gasteiger partial charge in [-0.1, -0.05) is 18.5 Å². The number of halogens is 1. The minimum absolute atomic E-state index is 0.464. The van der Waals surface area contributed by atoms with Crippen LogP contribution in [-0.4, -0.2) is 16.0 Å². The monoisotopic (exact) mass is 211 g/mol. The van der Waals surface area contributed by atoms with Crippen LogP contribution >= 0.6 is 11.6 Å². The summed E-state index contributed by atoms with van der Waals surface area (Å²) in [6, 6.07) is 0.504. The smallest absolute Gasteiger partial charge is 0.171 e. The molecule has 4 heteroatoms. The molecule has 1 atom stereocenters. The second-order valence-electron chi connectivity index (χ2n) is 3.69. The van der Waals surface area contributed by atoms with E-state index in [1.54, 1.807) is 12.4 Å². The van der Waals surface area contributed by atoms with Crippen LogP contribution in [0, 0.1) is 5.92 Å². The fourth-order valence-corrected chi connectivity index (χ4v) is 1.81. The van der Waals surface area contributed by atoms with Gasteiger partial charge in [0.25, 0.3) is 0 Å². The Morgan fingerprint density at radius 2 is 2.21 bits per heavy atom. The van der Waals surface area contributed by atoms with Crippen molar-refractivity contribution in [1.29, 1.82) is 0 Å². The molecule has 1 aromatic heterocycles. The number of aromatic nitrogens is 2. The average molecular weight is 212 g/mol. The summed E-state index contributed by atoms with van der Waals surface area (Å²) in [5.41, 5.74) is 0. The van der Waals surface area contributed by atoms with E-state index in [-0.39, 0.29) is 0 Å². The number of nitrogens with one attached hydrogen (secondary N) is 1. The Morgan fingerprint density at radius 3 is 2.79 bits per heavy atom. The minimum atomic E-state index is 0.464. The third-order valence-electron chi connectivity index (χ3n) is 2.61. The van der Waals surface area contributed by atoms with Gasteiger partial charge in [0.1, 0.15) is 0 Å². The van der Waals surface area contributed by atoms with Gasteiger partial charge in [-0.05, 0) is 25.2 Å². The zero-order chi connectivity index (χ0) is 9.97. The molecule has 0 saturated heterocycles. The molecule has 0 spiro atoms. The highest BCUT2D eigenvalue weighted by atomic mass is 35.5. The Kier molecular flexibility index (Phi) is 2.87. The van der Waals surface area contributed by atoms with Crippen molar-refractivity contribution in [3.63, 3.8) is 0 Å². The highest BCUT2D eigenvalue weighted by molar-refractivity contribution is 6.31. The van der Waals surface area contributed by atoms with Crippen LogP contribution in [0.3, 0.4) is 0 Å². The van der Waals surface area contributed by atoms with Crippen LogP contribution in [0.2, 0.25) is 5.15 Å². The quantitative estimate of drug-likeness (QED) is 0.832. The second kappa shape index (κ2) is 4.13. The molecule has 1 aromatic rings. The van der Waals surface area contributed by atoms with E-state index in [2.05, 4.69) is 22.2 Å². The van der Waals surface area contributed by atoms with E-state index in [0.717, 1.165) is 12.3 Å². The molecule has 0 amide bonds. The molecular weight excluding hydrogens is 198 g/mol. The molecule has 1 N–H and O–H groups in total. The summed E-state index contributed by atoms with van der Waals surface area (Å²) in [7, 11) is 0. The maximum Gasteiger partial charge on any atom is 0.171 e. The number of hydrogen-bond donors (Lipinski definition) is 1. The standard InChI is InChI=1S/C10H14ClN3/c1-2-8(7-3-4-7)14-10-9(11)12-5-6-13-10/h5-8H,2-4H2,1H3,(H,13,14). The molecule has 1 aliphatic carbocycles. The number of rotatable bonds is 4. The lowest BCUT2D eigenvalue weighted by molar-refractivity contribution is 0.613. The zero-order valence-corrected chi connectivity index (χ0v) is 8.96. The lowest BCUT2D eigenvalue weighted by Crippen LogP contribution is -2.21. The van der Waals surface area contributed by atoms with Gasteiger partial charge in [0.05, 0.1) is 0 Å². The van der Waals surface area contributed by atoms with Gasteiger partial charge in [-0.25, -0.2) is 9.97 Å². The van der Waals surface area contributed by atoms with Crippen LogP contribution in [0.5, 0.6) is 0 Å². The zero-order valence-electron chi connectivity index (χ0n) is 8.20. The largest absolute Gasteiger partial charge is 0.365 e. The van der Waals surface area contributed by atoms with Crippen molar-refractivity contribution in [2.45, 2.75) is 32.2 Å². The molecule has 1 aliphatic rings. The van der Waals surface area contributed by atoms with Crippen LogP contribution in [0.1, 0.15) is 26.2 Å². The van der Waals surface area contributed by atoms with Crippen molar-refractivity contribution in [3.05, 3.63) is 17.5 Å². The normalized spacial score (nSPS) is 17.9. The van der Waals surface area contributed by atoms with Crippen LogP contribution in [-0.2, 0) is 0 Å². The molecule has 1 saturated carbocycles. The molecular formula is C10H14ClN3. The predicted octanol–water partition coefficient (Wildman–Crippen LogP) is 2.73. The molecule has 14 heavy (non-hydrogen) atoms. The van der Waals surface area contributed by atoms with Gasteiger partial charge >= 0.3 is 0 Å². The second-order valence-corrected chi connectivity index (χ2v) is 4.05. The first kappa shape index (κ1) is 9.71. The van der Waals surface area contributed by atoms with E-state index in [1.807, 2.05) is 0 Å². The molecule has 1 fully saturated rings. The van der Waals surface area contributed by atoms with Crippen LogP contribution in [0.25, 0.3) is 0 Å². The van der Waals surface area contributed by atoms with E-state index >= 15 is 0 Å². The molecule has 0 aromatic carbocycles. The first-order valence-corrected chi connectivity index (χ1v) is 5.42. The van der Waals surface area contributed by atoms with Gasteiger partial charge in [-0.15, -0.1) is 0 Å². The Bertz CT molecular complexity index is 312. The van der Waals surface area contributed by atoms with Gasteiger partial charge in [-0.3, -0.25) is 0 Å². The molecule has 3 nitrogen and oxygen atoms in total. The van der Waals surface area contributed by atoms with Gasteiger partial charge in [0.15, 0.2) is 11.0 Å². The molecule has 0 bridgehead atoms. The average Bonchev–Trinajstić information content (AvgIpc) is 3.00. The lowest BCUT2D eigenvalue weighted by Gasteiger charge is -2.16. The number of nitrogens with zero attached hydrogens (tertiary/aromatic N) is 2. The predicted molar refractivity (Wildman–Crippen MR) is 57.5 cm³/mol. The number of anilines is 1. The fourth-order valence-electron chi connectivity index (χ4n) is 1.65. The summed E-state index contributed by atoms with van der Waals surface area (Å²) in [6.45, 7) is 2.18. The van der Waals surface area contributed by atoms with Crippen molar-refractivity contribution >= 4 is 17.4 Å². The van der Waals surface area contributed by atoms with Crippen molar-refractivity contribution in [2.75, 3.05) is 5.32 Å². The lowest BCUT2D eigenvalue weighted by atomic mass is 10.1. The molecule has 0 radical (unpaired) electrons. The summed E-state index contributed by atoms with van der Waals surface area (Å²) in [4.78, 5) is 8.16. The van der Waals surface area contributed by atoms with Gasteiger partial charge in [0, 0.05) is 18.4 Å². The Hall–Kier alpha value is -0.830. The molecule has 2 rings (SSSR count). The van der Waals surface area contributed by atoms with Gasteiger partial charge in [-0.2, -0.15) is 0 Å². The SMILES string of the molecule is CCC(Nc1nccnc1Cl)C1CC1. The van der Waals surface area contributed by atoms with E-state index < -0.39 is 0 Å². The first-order valence-electron chi connectivity index (χ1n) is 5.04. The Labute approximate surface area is 88.9 Å². The third-order valence-corrected chi connectivity index (χ3v) is 2.88. The first-order chi connectivity index (χ1) is 6.81. The molecule has 1 heterocycles. The maximum absolute atomic E-state index is 5.91. The highest BCUT2D eigenvalue weighted by Crippen LogP contribution is 2.35. The van der Waals surface area contributed by atoms with Crippen LogP contribution in [0.15, 0.2) is 12.4 Å². The van der Waals surface area contributed by atoms with E-state index in [4.69, 9.17) is 11.6 Å². The van der Waals surface area contributed by atoms with E-state index in [1.165, 1.54) is 12.8 Å². The molecule has 0 aliphatic heterocycles. The van der Waals surface area contributed by atoms with Crippen molar-refractivity contribution in [1.82, 2.24) is 9.97 Å². The summed E-state index contributed by atoms with van der Waals surface area (Å²) in [6.07, 6.45) is 7.02. The number of hydrogen-bond acceptors (Lipinski definition) is 3. The highest BCUT2D eigenvalue weighted by Gasteiger charge is 2.30. The van der Waals surface area contributed by atoms with Gasteiger partial charge < -0.3 is 5.32 Å². The maximum atomic E-state index is 5.91. The Balaban J connectivity index is 2.04. The van der Waals surface area contributed by atoms with E-state index in [9.17, 15) is 0 Å². The van der Waals surface area contributed by atoms with E-state index in [0.29, 0.717) is 17.0 Å². The molecule has 76 valence electrons. The van der Waals surface area contributed by atoms with Crippen molar-refractivity contribution < 1.29 is 0 Å². The van der Waals surface area contributed by atoms with Gasteiger partial charge in [0.2, 0.25) is 0 Å².